The van der Waals surface area contributed by atoms with Gasteiger partial charge in [0.25, 0.3) is 0 Å². The van der Waals surface area contributed by atoms with Gasteiger partial charge in [-0.3, -0.25) is 24.6 Å². The summed E-state index contributed by atoms with van der Waals surface area (Å²) in [7, 11) is 0. The minimum atomic E-state index is -0.555. The van der Waals surface area contributed by atoms with E-state index in [0.29, 0.717) is 12.3 Å². The fourth-order valence-corrected chi connectivity index (χ4v) is 3.51. The molecule has 1 aromatic rings. The van der Waals surface area contributed by atoms with Crippen LogP contribution in [0.5, 0.6) is 0 Å². The average molecular weight is 284 g/mol. The van der Waals surface area contributed by atoms with Gasteiger partial charge < -0.3 is 0 Å². The number of fused-ring (bicyclic) bond motifs is 1. The molecule has 108 valence electrons. The molecule has 1 N–H and O–H groups in total. The van der Waals surface area contributed by atoms with Crippen LogP contribution < -0.4 is 10.2 Å². The largest absolute Gasteiger partial charge is 0.299 e. The van der Waals surface area contributed by atoms with Crippen molar-refractivity contribution >= 4 is 23.4 Å². The number of para-hydroxylation sites is 1. The first-order valence-electron chi connectivity index (χ1n) is 7.42. The molecule has 0 spiro atoms. The van der Waals surface area contributed by atoms with Crippen LogP contribution in [0.25, 0.3) is 0 Å². The summed E-state index contributed by atoms with van der Waals surface area (Å²) in [5, 5.41) is 2.35. The standard InChI is InChI=1S/C16H16N2O3/c19-13-8-7-12(15(20)17-13)18-11-4-2-1-3-10(11)14(16(18)21)9-5-6-9/h1-4,9,12,14H,5-8H2,(H,17,19,20). The van der Waals surface area contributed by atoms with Gasteiger partial charge in [0.15, 0.2) is 0 Å². The third-order valence-electron chi connectivity index (χ3n) is 4.65. The van der Waals surface area contributed by atoms with Gasteiger partial charge in [-0.15, -0.1) is 0 Å². The molecule has 3 aliphatic rings. The van der Waals surface area contributed by atoms with Crippen molar-refractivity contribution in [1.29, 1.82) is 0 Å². The average Bonchev–Trinajstić information content (AvgIpc) is 3.24. The second-order valence-electron chi connectivity index (χ2n) is 6.05. The monoisotopic (exact) mass is 284 g/mol. The molecule has 2 atom stereocenters. The lowest BCUT2D eigenvalue weighted by Gasteiger charge is -2.30. The van der Waals surface area contributed by atoms with Crippen LogP contribution in [0.4, 0.5) is 5.69 Å². The van der Waals surface area contributed by atoms with Crippen molar-refractivity contribution in [2.75, 3.05) is 4.90 Å². The highest BCUT2D eigenvalue weighted by Crippen LogP contribution is 2.51. The number of nitrogens with zero attached hydrogens (tertiary/aromatic N) is 1. The Balaban J connectivity index is 1.73. The van der Waals surface area contributed by atoms with Gasteiger partial charge in [0.2, 0.25) is 17.7 Å². The first-order chi connectivity index (χ1) is 10.2. The number of anilines is 1. The van der Waals surface area contributed by atoms with Crippen molar-refractivity contribution in [3.8, 4) is 0 Å². The van der Waals surface area contributed by atoms with Crippen LogP contribution in [0.15, 0.2) is 24.3 Å². The van der Waals surface area contributed by atoms with Crippen molar-refractivity contribution in [3.05, 3.63) is 29.8 Å². The number of amides is 3. The molecule has 21 heavy (non-hydrogen) atoms. The molecule has 1 saturated carbocycles. The highest BCUT2D eigenvalue weighted by molar-refractivity contribution is 6.12. The molecule has 5 nitrogen and oxygen atoms in total. The molecule has 1 aliphatic carbocycles. The molecule has 2 fully saturated rings. The zero-order valence-electron chi connectivity index (χ0n) is 11.5. The highest BCUT2D eigenvalue weighted by Gasteiger charge is 2.49. The lowest BCUT2D eigenvalue weighted by atomic mass is 9.96. The topological polar surface area (TPSA) is 66.5 Å². The second kappa shape index (κ2) is 4.41. The summed E-state index contributed by atoms with van der Waals surface area (Å²) in [6.45, 7) is 0. The highest BCUT2D eigenvalue weighted by atomic mass is 16.2. The third-order valence-corrected chi connectivity index (χ3v) is 4.65. The molecule has 3 amide bonds. The molecule has 2 aliphatic heterocycles. The molecule has 1 saturated heterocycles. The van der Waals surface area contributed by atoms with Crippen molar-refractivity contribution < 1.29 is 14.4 Å². The van der Waals surface area contributed by atoms with E-state index in [1.54, 1.807) is 4.90 Å². The molecule has 0 radical (unpaired) electrons. The van der Waals surface area contributed by atoms with Crippen LogP contribution in [0.3, 0.4) is 0 Å². The van der Waals surface area contributed by atoms with Crippen LogP contribution in [-0.4, -0.2) is 23.8 Å². The fourth-order valence-electron chi connectivity index (χ4n) is 3.51. The number of rotatable bonds is 2. The van der Waals surface area contributed by atoms with E-state index in [9.17, 15) is 14.4 Å². The number of imide groups is 1. The summed E-state index contributed by atoms with van der Waals surface area (Å²) in [4.78, 5) is 37.9. The number of hydrogen-bond donors (Lipinski definition) is 1. The van der Waals surface area contributed by atoms with E-state index in [-0.39, 0.29) is 30.1 Å². The molecule has 0 bridgehead atoms. The normalized spacial score (nSPS) is 28.6. The smallest absolute Gasteiger partial charge is 0.249 e. The van der Waals surface area contributed by atoms with Gasteiger partial charge >= 0.3 is 0 Å². The number of nitrogens with one attached hydrogen (secondary N) is 1. The van der Waals surface area contributed by atoms with E-state index >= 15 is 0 Å². The quantitative estimate of drug-likeness (QED) is 0.833. The second-order valence-corrected chi connectivity index (χ2v) is 6.05. The number of carbonyl (C=O) groups excluding carboxylic acids is 3. The lowest BCUT2D eigenvalue weighted by molar-refractivity contribution is -0.135. The summed E-state index contributed by atoms with van der Waals surface area (Å²) in [6.07, 6.45) is 2.85. The van der Waals surface area contributed by atoms with Gasteiger partial charge in [-0.05, 0) is 36.8 Å². The third kappa shape index (κ3) is 1.87. The van der Waals surface area contributed by atoms with Gasteiger partial charge in [0.05, 0.1) is 5.92 Å². The maximum Gasteiger partial charge on any atom is 0.249 e. The van der Waals surface area contributed by atoms with Gasteiger partial charge in [-0.2, -0.15) is 0 Å². The summed E-state index contributed by atoms with van der Waals surface area (Å²) in [5.74, 6) is -0.280. The van der Waals surface area contributed by atoms with Crippen molar-refractivity contribution in [3.63, 3.8) is 0 Å². The van der Waals surface area contributed by atoms with E-state index in [1.807, 2.05) is 24.3 Å². The maximum absolute atomic E-state index is 12.8. The van der Waals surface area contributed by atoms with Crippen LogP contribution in [0, 0.1) is 5.92 Å². The zero-order chi connectivity index (χ0) is 14.6. The molecule has 2 heterocycles. The Kier molecular flexibility index (Phi) is 2.64. The van der Waals surface area contributed by atoms with Crippen molar-refractivity contribution in [2.24, 2.45) is 5.92 Å². The molecular formula is C16H16N2O3. The Labute approximate surface area is 122 Å². The van der Waals surface area contributed by atoms with Gasteiger partial charge in [0.1, 0.15) is 6.04 Å². The summed E-state index contributed by atoms with van der Waals surface area (Å²) >= 11 is 0. The number of carbonyl (C=O) groups is 3. The van der Waals surface area contributed by atoms with Crippen LogP contribution in [0.1, 0.15) is 37.2 Å². The van der Waals surface area contributed by atoms with Crippen molar-refractivity contribution in [1.82, 2.24) is 5.32 Å². The minimum absolute atomic E-state index is 0.0215. The number of benzene rings is 1. The first-order valence-corrected chi connectivity index (χ1v) is 7.42. The molecule has 1 aromatic carbocycles. The molecule has 0 aromatic heterocycles. The Hall–Kier alpha value is -2.17. The maximum atomic E-state index is 12.8. The Morgan fingerprint density at radius 1 is 1.05 bits per heavy atom. The number of piperidine rings is 1. The SMILES string of the molecule is O=C1CCC(N2C(=O)C(C3CC3)c3ccccc32)C(=O)N1. The fraction of sp³-hybridized carbons (Fsp3) is 0.438. The Morgan fingerprint density at radius 2 is 1.81 bits per heavy atom. The van der Waals surface area contributed by atoms with E-state index in [1.165, 1.54) is 0 Å². The van der Waals surface area contributed by atoms with Crippen LogP contribution in [-0.2, 0) is 14.4 Å². The number of hydrogen-bond acceptors (Lipinski definition) is 3. The van der Waals surface area contributed by atoms with Crippen molar-refractivity contribution in [2.45, 2.75) is 37.6 Å². The molecule has 4 rings (SSSR count). The molecule has 5 heteroatoms. The van der Waals surface area contributed by atoms with E-state index in [2.05, 4.69) is 5.32 Å². The Bertz CT molecular complexity index is 651. The predicted octanol–water partition coefficient (Wildman–Crippen LogP) is 1.33. The molecular weight excluding hydrogens is 268 g/mol. The summed E-state index contributed by atoms with van der Waals surface area (Å²) < 4.78 is 0. The summed E-state index contributed by atoms with van der Waals surface area (Å²) in [6, 6.07) is 7.16. The molecule has 2 unspecified atom stereocenters. The minimum Gasteiger partial charge on any atom is -0.299 e. The van der Waals surface area contributed by atoms with Gasteiger partial charge in [-0.25, -0.2) is 0 Å². The lowest BCUT2D eigenvalue weighted by Crippen LogP contribution is -2.54. The Morgan fingerprint density at radius 3 is 2.52 bits per heavy atom. The predicted molar refractivity (Wildman–Crippen MR) is 75.6 cm³/mol. The van der Waals surface area contributed by atoms with Crippen LogP contribution in [0.2, 0.25) is 0 Å². The zero-order valence-corrected chi connectivity index (χ0v) is 11.5. The van der Waals surface area contributed by atoms with Gasteiger partial charge in [0, 0.05) is 12.1 Å². The summed E-state index contributed by atoms with van der Waals surface area (Å²) in [5.41, 5.74) is 1.88. The van der Waals surface area contributed by atoms with E-state index in [0.717, 1.165) is 24.1 Å². The first kappa shape index (κ1) is 12.6. The van der Waals surface area contributed by atoms with E-state index in [4.69, 9.17) is 0 Å². The van der Waals surface area contributed by atoms with Crippen LogP contribution >= 0.6 is 0 Å². The van der Waals surface area contributed by atoms with E-state index < -0.39 is 6.04 Å². The van der Waals surface area contributed by atoms with Gasteiger partial charge in [-0.1, -0.05) is 18.2 Å².